The second-order valence-corrected chi connectivity index (χ2v) is 13.4. The van der Waals surface area contributed by atoms with Crippen LogP contribution in [0.2, 0.25) is 5.15 Å². The molecule has 0 aliphatic heterocycles. The summed E-state index contributed by atoms with van der Waals surface area (Å²) in [6.45, 7) is 13.2. The van der Waals surface area contributed by atoms with Gasteiger partial charge in [0.15, 0.2) is 0 Å². The SMILES string of the molecule is CC(C)(C)c1ccc(-c2cc(Cl)ncn2)cc1.COc1cccc(Sc2cc(-c3ccc(C(C)(C)C)cc3)ncn2)c1. The van der Waals surface area contributed by atoms with Gasteiger partial charge in [0.2, 0.25) is 0 Å². The molecule has 0 unspecified atom stereocenters. The molecule has 7 heteroatoms. The van der Waals surface area contributed by atoms with E-state index in [4.69, 9.17) is 16.3 Å². The Morgan fingerprint density at radius 1 is 0.619 bits per heavy atom. The van der Waals surface area contributed by atoms with Gasteiger partial charge in [-0.1, -0.05) is 120 Å². The van der Waals surface area contributed by atoms with Crippen LogP contribution in [0.1, 0.15) is 52.7 Å². The zero-order chi connectivity index (χ0) is 30.3. The van der Waals surface area contributed by atoms with Crippen LogP contribution in [0.3, 0.4) is 0 Å². The van der Waals surface area contributed by atoms with Crippen molar-refractivity contribution in [3.63, 3.8) is 0 Å². The summed E-state index contributed by atoms with van der Waals surface area (Å²) < 4.78 is 5.28. The molecule has 42 heavy (non-hydrogen) atoms. The lowest BCUT2D eigenvalue weighted by atomic mass is 9.86. The second kappa shape index (κ2) is 13.5. The Morgan fingerprint density at radius 2 is 1.14 bits per heavy atom. The van der Waals surface area contributed by atoms with Crippen molar-refractivity contribution in [3.05, 3.63) is 114 Å². The highest BCUT2D eigenvalue weighted by Gasteiger charge is 2.14. The van der Waals surface area contributed by atoms with Crippen molar-refractivity contribution in [2.45, 2.75) is 62.3 Å². The van der Waals surface area contributed by atoms with Gasteiger partial charge in [-0.25, -0.2) is 19.9 Å². The first kappa shape index (κ1) is 31.2. The molecule has 0 fully saturated rings. The number of aromatic nitrogens is 4. The van der Waals surface area contributed by atoms with Crippen LogP contribution in [0.5, 0.6) is 5.75 Å². The van der Waals surface area contributed by atoms with Gasteiger partial charge in [0.25, 0.3) is 0 Å². The average Bonchev–Trinajstić information content (AvgIpc) is 2.97. The molecule has 0 bridgehead atoms. The van der Waals surface area contributed by atoms with E-state index in [1.807, 2.05) is 30.3 Å². The molecule has 0 spiro atoms. The molecule has 2 aromatic heterocycles. The largest absolute Gasteiger partial charge is 0.497 e. The van der Waals surface area contributed by atoms with E-state index in [9.17, 15) is 0 Å². The first-order valence-electron chi connectivity index (χ1n) is 13.8. The second-order valence-electron chi connectivity index (χ2n) is 11.9. The van der Waals surface area contributed by atoms with Crippen LogP contribution in [-0.4, -0.2) is 27.0 Å². The van der Waals surface area contributed by atoms with Crippen molar-refractivity contribution < 1.29 is 4.74 Å². The maximum absolute atomic E-state index is 5.85. The van der Waals surface area contributed by atoms with E-state index in [-0.39, 0.29) is 10.8 Å². The molecule has 0 amide bonds. The predicted molar refractivity (Wildman–Crippen MR) is 174 cm³/mol. The van der Waals surface area contributed by atoms with Crippen LogP contribution in [0.15, 0.2) is 108 Å². The third kappa shape index (κ3) is 8.63. The first-order chi connectivity index (χ1) is 19.9. The van der Waals surface area contributed by atoms with Crippen LogP contribution < -0.4 is 4.74 Å². The lowest BCUT2D eigenvalue weighted by molar-refractivity contribution is 0.413. The van der Waals surface area contributed by atoms with Gasteiger partial charge in [-0.05, 0) is 46.2 Å². The van der Waals surface area contributed by atoms with E-state index < -0.39 is 0 Å². The fraction of sp³-hybridized carbons (Fsp3) is 0.257. The molecule has 0 radical (unpaired) electrons. The Balaban J connectivity index is 0.000000208. The molecule has 216 valence electrons. The topological polar surface area (TPSA) is 60.8 Å². The molecule has 0 aliphatic carbocycles. The molecule has 0 N–H and O–H groups in total. The van der Waals surface area contributed by atoms with Crippen molar-refractivity contribution in [2.75, 3.05) is 7.11 Å². The molecule has 3 aromatic carbocycles. The molecular weight excluding hydrogens is 560 g/mol. The van der Waals surface area contributed by atoms with Gasteiger partial charge >= 0.3 is 0 Å². The monoisotopic (exact) mass is 596 g/mol. The zero-order valence-electron chi connectivity index (χ0n) is 25.2. The Morgan fingerprint density at radius 3 is 1.64 bits per heavy atom. The normalized spacial score (nSPS) is 11.4. The fourth-order valence-electron chi connectivity index (χ4n) is 4.11. The third-order valence-electron chi connectivity index (χ3n) is 6.63. The summed E-state index contributed by atoms with van der Waals surface area (Å²) in [5.41, 5.74) is 6.88. The number of methoxy groups -OCH3 is 1. The minimum absolute atomic E-state index is 0.150. The maximum atomic E-state index is 5.85. The van der Waals surface area contributed by atoms with Gasteiger partial charge < -0.3 is 4.74 Å². The van der Waals surface area contributed by atoms with Crippen molar-refractivity contribution in [1.82, 2.24) is 19.9 Å². The van der Waals surface area contributed by atoms with E-state index in [1.165, 1.54) is 17.5 Å². The van der Waals surface area contributed by atoms with E-state index in [2.05, 4.69) is 110 Å². The molecule has 0 aliphatic rings. The fourth-order valence-corrected chi connectivity index (χ4v) is 5.09. The van der Waals surface area contributed by atoms with Crippen LogP contribution in [0.4, 0.5) is 0 Å². The van der Waals surface area contributed by atoms with Gasteiger partial charge in [-0.3, -0.25) is 0 Å². The standard InChI is InChI=1S/C21H22N2OS.C14H15ClN2/c1-21(2,3)16-10-8-15(9-11-16)19-13-20(23-14-22-19)25-18-7-5-6-17(12-18)24-4;1-14(2,3)11-6-4-10(5-7-11)12-8-13(15)17-9-16-12/h5-14H,1-4H3;4-9H,1-3H3. The van der Waals surface area contributed by atoms with Crippen molar-refractivity contribution in [1.29, 1.82) is 0 Å². The first-order valence-corrected chi connectivity index (χ1v) is 15.0. The van der Waals surface area contributed by atoms with Gasteiger partial charge in [0, 0.05) is 22.1 Å². The molecule has 5 aromatic rings. The highest BCUT2D eigenvalue weighted by molar-refractivity contribution is 7.99. The summed E-state index contributed by atoms with van der Waals surface area (Å²) in [5.74, 6) is 0.844. The smallest absolute Gasteiger partial charge is 0.133 e. The number of halogens is 1. The number of rotatable bonds is 5. The number of hydrogen-bond donors (Lipinski definition) is 0. The number of benzene rings is 3. The Bertz CT molecular complexity index is 1610. The van der Waals surface area contributed by atoms with Crippen molar-refractivity contribution >= 4 is 23.4 Å². The minimum atomic E-state index is 0.150. The molecule has 0 saturated heterocycles. The third-order valence-corrected chi connectivity index (χ3v) is 7.76. The summed E-state index contributed by atoms with van der Waals surface area (Å²) in [6, 6.07) is 28.8. The molecule has 2 heterocycles. The minimum Gasteiger partial charge on any atom is -0.497 e. The summed E-state index contributed by atoms with van der Waals surface area (Å²) >= 11 is 7.45. The summed E-state index contributed by atoms with van der Waals surface area (Å²) in [6.07, 6.45) is 3.10. The van der Waals surface area contributed by atoms with Gasteiger partial charge in [-0.15, -0.1) is 0 Å². The van der Waals surface area contributed by atoms with Crippen LogP contribution in [0.25, 0.3) is 22.5 Å². The number of ether oxygens (including phenoxy) is 1. The van der Waals surface area contributed by atoms with E-state index in [1.54, 1.807) is 31.3 Å². The molecule has 5 nitrogen and oxygen atoms in total. The van der Waals surface area contributed by atoms with Crippen molar-refractivity contribution in [2.24, 2.45) is 0 Å². The molecular formula is C35H37ClN4OS. The Hall–Kier alpha value is -3.74. The lowest BCUT2D eigenvalue weighted by Crippen LogP contribution is -2.10. The average molecular weight is 597 g/mol. The van der Waals surface area contributed by atoms with Gasteiger partial charge in [-0.2, -0.15) is 0 Å². The maximum Gasteiger partial charge on any atom is 0.133 e. The molecule has 0 saturated carbocycles. The summed E-state index contributed by atoms with van der Waals surface area (Å²) in [4.78, 5) is 18.0. The highest BCUT2D eigenvalue weighted by Crippen LogP contribution is 2.31. The van der Waals surface area contributed by atoms with Crippen LogP contribution >= 0.6 is 23.4 Å². The quantitative estimate of drug-likeness (QED) is 0.188. The van der Waals surface area contributed by atoms with Gasteiger partial charge in [0.05, 0.1) is 18.5 Å². The van der Waals surface area contributed by atoms with Crippen LogP contribution in [-0.2, 0) is 10.8 Å². The summed E-state index contributed by atoms with van der Waals surface area (Å²) in [7, 11) is 1.67. The predicted octanol–water partition coefficient (Wildman–Crippen LogP) is 9.70. The van der Waals surface area contributed by atoms with E-state index in [0.29, 0.717) is 5.15 Å². The highest BCUT2D eigenvalue weighted by atomic mass is 35.5. The van der Waals surface area contributed by atoms with E-state index >= 15 is 0 Å². The Kier molecular flexibility index (Phi) is 10.0. The molecule has 5 rings (SSSR count). The lowest BCUT2D eigenvalue weighted by Gasteiger charge is -2.19. The van der Waals surface area contributed by atoms with Crippen LogP contribution in [0, 0.1) is 0 Å². The number of nitrogens with zero attached hydrogens (tertiary/aromatic N) is 4. The van der Waals surface area contributed by atoms with E-state index in [0.717, 1.165) is 38.2 Å². The number of hydrogen-bond acceptors (Lipinski definition) is 6. The Labute approximate surface area is 258 Å². The molecule has 0 atom stereocenters. The zero-order valence-corrected chi connectivity index (χ0v) is 26.8. The van der Waals surface area contributed by atoms with Crippen molar-refractivity contribution in [3.8, 4) is 28.3 Å². The summed E-state index contributed by atoms with van der Waals surface area (Å²) in [5, 5.41) is 1.38. The van der Waals surface area contributed by atoms with Gasteiger partial charge in [0.1, 0.15) is 28.6 Å².